The molecule has 3 nitrogen and oxygen atoms in total. The van der Waals surface area contributed by atoms with Crippen molar-refractivity contribution in [3.63, 3.8) is 0 Å². The van der Waals surface area contributed by atoms with Gasteiger partial charge >= 0.3 is 0 Å². The lowest BCUT2D eigenvalue weighted by Gasteiger charge is -2.17. The highest BCUT2D eigenvalue weighted by atomic mass is 15.2. The molecular weight excluding hydrogens is 258 g/mol. The summed E-state index contributed by atoms with van der Waals surface area (Å²) in [6.45, 7) is 1.14. The molecule has 2 aromatic rings. The Balaban J connectivity index is 1.55. The van der Waals surface area contributed by atoms with Crippen molar-refractivity contribution in [1.29, 1.82) is 0 Å². The van der Waals surface area contributed by atoms with E-state index >= 15 is 0 Å². The second-order valence-corrected chi connectivity index (χ2v) is 6.30. The molecule has 0 saturated heterocycles. The van der Waals surface area contributed by atoms with Crippen molar-refractivity contribution < 1.29 is 0 Å². The van der Waals surface area contributed by atoms with Crippen LogP contribution in [0.4, 0.5) is 0 Å². The van der Waals surface area contributed by atoms with E-state index in [0.29, 0.717) is 5.92 Å². The van der Waals surface area contributed by atoms with Gasteiger partial charge in [-0.05, 0) is 55.7 Å². The normalized spacial score (nSPS) is 16.0. The lowest BCUT2D eigenvalue weighted by Crippen LogP contribution is -2.26. The Labute approximate surface area is 127 Å². The number of nitrogens with zero attached hydrogens (tertiary/aromatic N) is 2. The van der Waals surface area contributed by atoms with Gasteiger partial charge in [-0.2, -0.15) is 5.10 Å². The van der Waals surface area contributed by atoms with Gasteiger partial charge in [0.2, 0.25) is 0 Å². The number of nitrogens with one attached hydrogen (secondary N) is 1. The van der Waals surface area contributed by atoms with Crippen LogP contribution in [0, 0.1) is 5.92 Å². The summed E-state index contributed by atoms with van der Waals surface area (Å²) < 4.78 is 1.89. The highest BCUT2D eigenvalue weighted by Gasteiger charge is 2.22. The second-order valence-electron chi connectivity index (χ2n) is 6.30. The van der Waals surface area contributed by atoms with E-state index in [1.54, 1.807) is 0 Å². The average Bonchev–Trinajstić information content (AvgIpc) is 3.24. The molecule has 21 heavy (non-hydrogen) atoms. The summed E-state index contributed by atoms with van der Waals surface area (Å²) in [5.41, 5.74) is 2.80. The van der Waals surface area contributed by atoms with Crippen LogP contribution in [0.3, 0.4) is 0 Å². The molecule has 0 bridgehead atoms. The Morgan fingerprint density at radius 3 is 2.71 bits per heavy atom. The predicted octanol–water partition coefficient (Wildman–Crippen LogP) is 2.96. The Morgan fingerprint density at radius 1 is 1.24 bits per heavy atom. The van der Waals surface area contributed by atoms with Crippen LogP contribution in [0.5, 0.6) is 0 Å². The van der Waals surface area contributed by atoms with E-state index in [0.717, 1.165) is 19.0 Å². The first-order chi connectivity index (χ1) is 10.3. The van der Waals surface area contributed by atoms with E-state index in [9.17, 15) is 0 Å². The minimum Gasteiger partial charge on any atom is -0.314 e. The molecule has 1 atom stereocenters. The lowest BCUT2D eigenvalue weighted by molar-refractivity contribution is 0.442. The van der Waals surface area contributed by atoms with E-state index in [4.69, 9.17) is 0 Å². The lowest BCUT2D eigenvalue weighted by atomic mass is 9.93. The molecule has 1 fully saturated rings. The number of hydrogen-bond acceptors (Lipinski definition) is 2. The smallest absolute Gasteiger partial charge is 0.0521 e. The Kier molecular flexibility index (Phi) is 4.71. The van der Waals surface area contributed by atoms with Gasteiger partial charge in [-0.15, -0.1) is 0 Å². The summed E-state index contributed by atoms with van der Waals surface area (Å²) in [5, 5.41) is 7.96. The number of aromatic nitrogens is 2. The third-order valence-electron chi connectivity index (χ3n) is 4.24. The van der Waals surface area contributed by atoms with Crippen LogP contribution in [-0.2, 0) is 19.9 Å². The minimum absolute atomic E-state index is 0.702. The molecule has 1 aliphatic rings. The highest BCUT2D eigenvalue weighted by Crippen LogP contribution is 2.21. The maximum absolute atomic E-state index is 4.26. The maximum Gasteiger partial charge on any atom is 0.0521 e. The molecule has 3 rings (SSSR count). The zero-order valence-corrected chi connectivity index (χ0v) is 12.8. The largest absolute Gasteiger partial charge is 0.314 e. The molecule has 0 amide bonds. The van der Waals surface area contributed by atoms with E-state index in [1.807, 2.05) is 17.9 Å². The molecule has 1 unspecified atom stereocenters. The van der Waals surface area contributed by atoms with E-state index in [1.165, 1.54) is 36.8 Å². The Bertz CT molecular complexity index is 543. The fraction of sp³-hybridized carbons (Fsp3) is 0.500. The molecule has 0 aliphatic heterocycles. The maximum atomic E-state index is 4.26. The van der Waals surface area contributed by atoms with Crippen molar-refractivity contribution in [3.8, 4) is 0 Å². The average molecular weight is 283 g/mol. The Morgan fingerprint density at radius 2 is 2.05 bits per heavy atom. The van der Waals surface area contributed by atoms with Gasteiger partial charge in [-0.1, -0.05) is 30.3 Å². The van der Waals surface area contributed by atoms with E-state index in [-0.39, 0.29) is 0 Å². The van der Waals surface area contributed by atoms with Crippen LogP contribution >= 0.6 is 0 Å². The van der Waals surface area contributed by atoms with Crippen LogP contribution < -0.4 is 5.32 Å². The zero-order chi connectivity index (χ0) is 14.5. The van der Waals surface area contributed by atoms with Crippen molar-refractivity contribution in [2.45, 2.75) is 38.1 Å². The molecular formula is C18H25N3. The fourth-order valence-electron chi connectivity index (χ4n) is 2.82. The molecule has 0 radical (unpaired) electrons. The van der Waals surface area contributed by atoms with Crippen molar-refractivity contribution in [2.24, 2.45) is 13.0 Å². The molecule has 1 saturated carbocycles. The van der Waals surface area contributed by atoms with Crippen molar-refractivity contribution in [2.75, 3.05) is 6.54 Å². The van der Waals surface area contributed by atoms with E-state index < -0.39 is 0 Å². The molecule has 1 aromatic carbocycles. The molecule has 1 aliphatic carbocycles. The minimum atomic E-state index is 0.702. The molecule has 1 N–H and O–H groups in total. The van der Waals surface area contributed by atoms with Gasteiger partial charge in [0.15, 0.2) is 0 Å². The van der Waals surface area contributed by atoms with Gasteiger partial charge in [-0.3, -0.25) is 4.68 Å². The van der Waals surface area contributed by atoms with Gasteiger partial charge in [0.05, 0.1) is 6.20 Å². The first-order valence-electron chi connectivity index (χ1n) is 8.04. The molecule has 1 heterocycles. The zero-order valence-electron chi connectivity index (χ0n) is 12.8. The Hall–Kier alpha value is -1.61. The third-order valence-corrected chi connectivity index (χ3v) is 4.24. The van der Waals surface area contributed by atoms with Gasteiger partial charge < -0.3 is 5.32 Å². The summed E-state index contributed by atoms with van der Waals surface area (Å²) in [7, 11) is 1.99. The number of rotatable bonds is 8. The summed E-state index contributed by atoms with van der Waals surface area (Å²) in [4.78, 5) is 0. The van der Waals surface area contributed by atoms with Crippen LogP contribution in [0.2, 0.25) is 0 Å². The van der Waals surface area contributed by atoms with Crippen LogP contribution in [0.1, 0.15) is 30.4 Å². The van der Waals surface area contributed by atoms with Crippen LogP contribution in [-0.4, -0.2) is 22.4 Å². The molecule has 112 valence electrons. The summed E-state index contributed by atoms with van der Waals surface area (Å²) in [6.07, 6.45) is 10.4. The first kappa shape index (κ1) is 14.3. The summed E-state index contributed by atoms with van der Waals surface area (Å²) in [5.74, 6) is 0.702. The van der Waals surface area contributed by atoms with Crippen LogP contribution in [0.15, 0.2) is 42.7 Å². The molecule has 0 spiro atoms. The topological polar surface area (TPSA) is 29.9 Å². The van der Waals surface area contributed by atoms with Crippen LogP contribution in [0.25, 0.3) is 0 Å². The van der Waals surface area contributed by atoms with E-state index in [2.05, 4.69) is 46.9 Å². The standard InChI is InChI=1S/C18H25N3/c1-21-14-17(13-20-21)8-7-16(12-19-18-9-10-18)11-15-5-3-2-4-6-15/h2-6,13-14,16,18-19H,7-12H2,1H3. The summed E-state index contributed by atoms with van der Waals surface area (Å²) >= 11 is 0. The summed E-state index contributed by atoms with van der Waals surface area (Å²) in [6, 6.07) is 11.7. The van der Waals surface area contributed by atoms with Gasteiger partial charge in [0.25, 0.3) is 0 Å². The first-order valence-corrected chi connectivity index (χ1v) is 8.04. The van der Waals surface area contributed by atoms with Crippen molar-refractivity contribution in [3.05, 3.63) is 53.9 Å². The van der Waals surface area contributed by atoms with Gasteiger partial charge in [0, 0.05) is 19.3 Å². The quantitative estimate of drug-likeness (QED) is 0.807. The second kappa shape index (κ2) is 6.90. The molecule has 3 heteroatoms. The van der Waals surface area contributed by atoms with Crippen molar-refractivity contribution >= 4 is 0 Å². The predicted molar refractivity (Wildman–Crippen MR) is 86.2 cm³/mol. The molecule has 1 aromatic heterocycles. The third kappa shape index (κ3) is 4.71. The number of benzene rings is 1. The number of aryl methyl sites for hydroxylation is 2. The number of hydrogen-bond donors (Lipinski definition) is 1. The SMILES string of the molecule is Cn1cc(CCC(CNC2CC2)Cc2ccccc2)cn1. The monoisotopic (exact) mass is 283 g/mol. The van der Waals surface area contributed by atoms with Gasteiger partial charge in [0.1, 0.15) is 0 Å². The fourth-order valence-corrected chi connectivity index (χ4v) is 2.82. The van der Waals surface area contributed by atoms with Crippen molar-refractivity contribution in [1.82, 2.24) is 15.1 Å². The van der Waals surface area contributed by atoms with Gasteiger partial charge in [-0.25, -0.2) is 0 Å². The highest BCUT2D eigenvalue weighted by molar-refractivity contribution is 5.15.